The van der Waals surface area contributed by atoms with Gasteiger partial charge in [0.1, 0.15) is 5.69 Å². The van der Waals surface area contributed by atoms with E-state index in [4.69, 9.17) is 0 Å². The van der Waals surface area contributed by atoms with Gasteiger partial charge in [-0.05, 0) is 5.92 Å². The second-order valence-corrected chi connectivity index (χ2v) is 3.87. The zero-order chi connectivity index (χ0) is 9.80. The summed E-state index contributed by atoms with van der Waals surface area (Å²) in [5, 5.41) is 0. The lowest BCUT2D eigenvalue weighted by Gasteiger charge is -2.06. The Morgan fingerprint density at radius 2 is 2.14 bits per heavy atom. The van der Waals surface area contributed by atoms with E-state index >= 15 is 0 Å². The molecule has 0 saturated heterocycles. The third kappa shape index (κ3) is 2.16. The maximum atomic E-state index is 11.7. The molecule has 0 spiro atoms. The highest BCUT2D eigenvalue weighted by molar-refractivity contribution is 5.93. The Kier molecular flexibility index (Phi) is 2.87. The number of carbonyl (C=O) groups excluding carboxylic acids is 1. The lowest BCUT2D eigenvalue weighted by Crippen LogP contribution is -2.07. The van der Waals surface area contributed by atoms with Crippen LogP contribution < -0.4 is 0 Å². The second-order valence-electron chi connectivity index (χ2n) is 3.87. The molecule has 74 valence electrons. The predicted molar refractivity (Wildman–Crippen MR) is 52.9 cm³/mol. The monoisotopic (exact) mass is 190 g/mol. The summed E-state index contributed by atoms with van der Waals surface area (Å²) in [6.45, 7) is 0. The molecular formula is C11H14N2O. The maximum absolute atomic E-state index is 11.7. The number of hydrogen-bond donors (Lipinski definition) is 0. The Balaban J connectivity index is 1.95. The first-order valence-corrected chi connectivity index (χ1v) is 5.15. The van der Waals surface area contributed by atoms with Crippen LogP contribution in [0.2, 0.25) is 0 Å². The summed E-state index contributed by atoms with van der Waals surface area (Å²) < 4.78 is 0. The van der Waals surface area contributed by atoms with Crippen LogP contribution in [-0.2, 0) is 0 Å². The molecule has 0 unspecified atom stereocenters. The lowest BCUT2D eigenvalue weighted by atomic mass is 10.00. The van der Waals surface area contributed by atoms with Gasteiger partial charge < -0.3 is 0 Å². The molecule has 0 aromatic carbocycles. The van der Waals surface area contributed by atoms with Gasteiger partial charge in [-0.15, -0.1) is 0 Å². The molecule has 3 heteroatoms. The smallest absolute Gasteiger partial charge is 0.183 e. The number of rotatable bonds is 3. The highest BCUT2D eigenvalue weighted by Gasteiger charge is 2.19. The van der Waals surface area contributed by atoms with Crippen molar-refractivity contribution in [2.45, 2.75) is 32.1 Å². The summed E-state index contributed by atoms with van der Waals surface area (Å²) in [7, 11) is 0. The minimum absolute atomic E-state index is 0.144. The molecule has 3 nitrogen and oxygen atoms in total. The van der Waals surface area contributed by atoms with E-state index in [2.05, 4.69) is 9.97 Å². The minimum atomic E-state index is 0.144. The second kappa shape index (κ2) is 4.31. The highest BCUT2D eigenvalue weighted by Crippen LogP contribution is 2.28. The molecule has 2 rings (SSSR count). The number of carbonyl (C=O) groups is 1. The lowest BCUT2D eigenvalue weighted by molar-refractivity contribution is 0.0957. The summed E-state index contributed by atoms with van der Waals surface area (Å²) in [5.74, 6) is 0.731. The molecule has 1 aromatic heterocycles. The molecule has 0 amide bonds. The van der Waals surface area contributed by atoms with Gasteiger partial charge in [-0.2, -0.15) is 0 Å². The number of aromatic nitrogens is 2. The fourth-order valence-corrected chi connectivity index (χ4v) is 2.02. The molecule has 1 fully saturated rings. The van der Waals surface area contributed by atoms with Gasteiger partial charge in [-0.3, -0.25) is 9.78 Å². The molecule has 0 N–H and O–H groups in total. The largest absolute Gasteiger partial charge is 0.292 e. The Morgan fingerprint density at radius 1 is 1.36 bits per heavy atom. The van der Waals surface area contributed by atoms with Crippen LogP contribution in [-0.4, -0.2) is 15.8 Å². The minimum Gasteiger partial charge on any atom is -0.292 e. The van der Waals surface area contributed by atoms with Crippen molar-refractivity contribution in [3.63, 3.8) is 0 Å². The summed E-state index contributed by atoms with van der Waals surface area (Å²) in [6, 6.07) is 0. The normalized spacial score (nSPS) is 17.1. The van der Waals surface area contributed by atoms with E-state index in [1.54, 1.807) is 18.6 Å². The Bertz CT molecular complexity index is 304. The van der Waals surface area contributed by atoms with Crippen molar-refractivity contribution < 1.29 is 4.79 Å². The first-order valence-electron chi connectivity index (χ1n) is 5.15. The molecule has 1 saturated carbocycles. The van der Waals surface area contributed by atoms with Crippen LogP contribution in [0.15, 0.2) is 18.6 Å². The molecule has 1 aliphatic rings. The zero-order valence-electron chi connectivity index (χ0n) is 8.15. The average molecular weight is 190 g/mol. The molecule has 0 atom stereocenters. The molecule has 1 heterocycles. The van der Waals surface area contributed by atoms with Gasteiger partial charge in [0, 0.05) is 18.8 Å². The highest BCUT2D eigenvalue weighted by atomic mass is 16.1. The Hall–Kier alpha value is -1.25. The van der Waals surface area contributed by atoms with Crippen molar-refractivity contribution in [1.29, 1.82) is 0 Å². The number of ketones is 1. The van der Waals surface area contributed by atoms with Gasteiger partial charge in [0.25, 0.3) is 0 Å². The molecule has 1 aromatic rings. The molecule has 1 aliphatic carbocycles. The van der Waals surface area contributed by atoms with Gasteiger partial charge in [0.05, 0.1) is 6.20 Å². The maximum Gasteiger partial charge on any atom is 0.183 e. The van der Waals surface area contributed by atoms with E-state index in [1.165, 1.54) is 25.7 Å². The summed E-state index contributed by atoms with van der Waals surface area (Å²) in [4.78, 5) is 19.6. The zero-order valence-corrected chi connectivity index (χ0v) is 8.15. The average Bonchev–Trinajstić information content (AvgIpc) is 2.72. The molecule has 0 radical (unpaired) electrons. The van der Waals surface area contributed by atoms with Crippen molar-refractivity contribution in [2.75, 3.05) is 0 Å². The van der Waals surface area contributed by atoms with E-state index in [0.717, 1.165) is 0 Å². The first kappa shape index (κ1) is 9.31. The van der Waals surface area contributed by atoms with Crippen LogP contribution in [0.1, 0.15) is 42.6 Å². The number of nitrogens with zero attached hydrogens (tertiary/aromatic N) is 2. The SMILES string of the molecule is O=C(CC1CCCC1)c1cnccn1. The standard InChI is InChI=1S/C11H14N2O/c14-11(7-9-3-1-2-4-9)10-8-12-5-6-13-10/h5-6,8-9H,1-4,7H2. The molecular weight excluding hydrogens is 176 g/mol. The molecule has 0 aliphatic heterocycles. The third-order valence-electron chi connectivity index (χ3n) is 2.80. The molecule has 14 heavy (non-hydrogen) atoms. The van der Waals surface area contributed by atoms with Gasteiger partial charge in [-0.1, -0.05) is 25.7 Å². The number of hydrogen-bond acceptors (Lipinski definition) is 3. The number of Topliss-reactive ketones (excluding diaryl/α,β-unsaturated/α-hetero) is 1. The predicted octanol–water partition coefficient (Wildman–Crippen LogP) is 2.24. The van der Waals surface area contributed by atoms with Crippen molar-refractivity contribution in [3.8, 4) is 0 Å². The van der Waals surface area contributed by atoms with Crippen LogP contribution in [0, 0.1) is 5.92 Å². The summed E-state index contributed by atoms with van der Waals surface area (Å²) in [6.07, 6.45) is 10.3. The van der Waals surface area contributed by atoms with Gasteiger partial charge >= 0.3 is 0 Å². The first-order chi connectivity index (χ1) is 6.86. The molecule has 0 bridgehead atoms. The van der Waals surface area contributed by atoms with Crippen LogP contribution in [0.3, 0.4) is 0 Å². The van der Waals surface area contributed by atoms with Gasteiger partial charge in [0.15, 0.2) is 5.78 Å². The summed E-state index contributed by atoms with van der Waals surface area (Å²) >= 11 is 0. The quantitative estimate of drug-likeness (QED) is 0.686. The van der Waals surface area contributed by atoms with E-state index in [1.807, 2.05) is 0 Å². The van der Waals surface area contributed by atoms with E-state index in [-0.39, 0.29) is 5.78 Å². The van der Waals surface area contributed by atoms with Crippen LogP contribution >= 0.6 is 0 Å². The fraction of sp³-hybridized carbons (Fsp3) is 0.545. The van der Waals surface area contributed by atoms with Crippen LogP contribution in [0.4, 0.5) is 0 Å². The van der Waals surface area contributed by atoms with Gasteiger partial charge in [-0.25, -0.2) is 4.98 Å². The van der Waals surface area contributed by atoms with Gasteiger partial charge in [0.2, 0.25) is 0 Å². The van der Waals surface area contributed by atoms with E-state index in [0.29, 0.717) is 18.0 Å². The van der Waals surface area contributed by atoms with Crippen molar-refractivity contribution in [1.82, 2.24) is 9.97 Å². The Morgan fingerprint density at radius 3 is 2.79 bits per heavy atom. The fourth-order valence-electron chi connectivity index (χ4n) is 2.02. The topological polar surface area (TPSA) is 42.9 Å². The van der Waals surface area contributed by atoms with Crippen molar-refractivity contribution in [2.24, 2.45) is 5.92 Å². The summed E-state index contributed by atoms with van der Waals surface area (Å²) in [5.41, 5.74) is 0.513. The van der Waals surface area contributed by atoms with Crippen molar-refractivity contribution >= 4 is 5.78 Å². The van der Waals surface area contributed by atoms with Crippen molar-refractivity contribution in [3.05, 3.63) is 24.3 Å². The van der Waals surface area contributed by atoms with E-state index in [9.17, 15) is 4.79 Å². The van der Waals surface area contributed by atoms with E-state index < -0.39 is 0 Å². The third-order valence-corrected chi connectivity index (χ3v) is 2.80. The van der Waals surface area contributed by atoms with Crippen LogP contribution in [0.5, 0.6) is 0 Å². The Labute approximate surface area is 83.6 Å². The van der Waals surface area contributed by atoms with Crippen LogP contribution in [0.25, 0.3) is 0 Å².